The monoisotopic (exact) mass is 470 g/mol. The van der Waals surface area contributed by atoms with Crippen LogP contribution in [0.5, 0.6) is 11.5 Å². The number of rotatable bonds is 7. The zero-order chi connectivity index (χ0) is 24.2. The fraction of sp³-hybridized carbons (Fsp3) is 0.357. The first kappa shape index (κ1) is 23.0. The van der Waals surface area contributed by atoms with Crippen LogP contribution in [-0.4, -0.2) is 30.1 Å². The van der Waals surface area contributed by atoms with E-state index in [9.17, 15) is 9.65 Å². The zero-order valence-corrected chi connectivity index (χ0v) is 19.8. The van der Waals surface area contributed by atoms with Crippen molar-refractivity contribution < 1.29 is 13.9 Å². The van der Waals surface area contributed by atoms with Crippen molar-refractivity contribution in [2.75, 3.05) is 13.7 Å². The van der Waals surface area contributed by atoms with E-state index in [4.69, 9.17) is 14.5 Å². The van der Waals surface area contributed by atoms with E-state index in [2.05, 4.69) is 16.0 Å². The highest BCUT2D eigenvalue weighted by atomic mass is 19.1. The lowest BCUT2D eigenvalue weighted by Gasteiger charge is -2.18. The summed E-state index contributed by atoms with van der Waals surface area (Å²) in [5.41, 5.74) is 5.96. The third kappa shape index (κ3) is 4.88. The van der Waals surface area contributed by atoms with Gasteiger partial charge in [0.05, 0.1) is 25.6 Å². The van der Waals surface area contributed by atoms with Gasteiger partial charge < -0.3 is 9.47 Å². The molecule has 1 unspecified atom stereocenters. The van der Waals surface area contributed by atoms with Crippen molar-refractivity contribution in [2.45, 2.75) is 44.9 Å². The lowest BCUT2D eigenvalue weighted by atomic mass is 9.88. The smallest absolute Gasteiger partial charge is 0.137 e. The minimum Gasteiger partial charge on any atom is -0.495 e. The molecule has 1 aromatic carbocycles. The van der Waals surface area contributed by atoms with E-state index in [1.807, 2.05) is 18.3 Å². The van der Waals surface area contributed by atoms with Crippen LogP contribution in [-0.2, 0) is 12.8 Å². The lowest BCUT2D eigenvalue weighted by Crippen LogP contribution is -2.16. The molecular formula is C28H27FN4O2. The third-order valence-corrected chi connectivity index (χ3v) is 6.80. The quantitative estimate of drug-likeness (QED) is 0.491. The van der Waals surface area contributed by atoms with Gasteiger partial charge in [0.2, 0.25) is 0 Å². The van der Waals surface area contributed by atoms with Crippen LogP contribution in [0.15, 0.2) is 58.6 Å². The number of allylic oxidation sites excluding steroid dienone is 3. The van der Waals surface area contributed by atoms with Gasteiger partial charge in [0, 0.05) is 47.1 Å². The largest absolute Gasteiger partial charge is 0.495 e. The van der Waals surface area contributed by atoms with Gasteiger partial charge in [-0.1, -0.05) is 0 Å². The van der Waals surface area contributed by atoms with Crippen molar-refractivity contribution >= 4 is 17.0 Å². The maximum Gasteiger partial charge on any atom is 0.137 e. The van der Waals surface area contributed by atoms with Crippen molar-refractivity contribution in [3.05, 3.63) is 71.1 Å². The van der Waals surface area contributed by atoms with Gasteiger partial charge in [-0.05, 0) is 68.4 Å². The summed E-state index contributed by atoms with van der Waals surface area (Å²) in [7, 11) is 1.61. The molecule has 1 atom stereocenters. The van der Waals surface area contributed by atoms with Crippen LogP contribution < -0.4 is 9.47 Å². The highest BCUT2D eigenvalue weighted by molar-refractivity contribution is 6.27. The molecule has 5 rings (SSSR count). The van der Waals surface area contributed by atoms with E-state index >= 15 is 0 Å². The molecular weight excluding hydrogens is 443 g/mol. The van der Waals surface area contributed by atoms with Crippen molar-refractivity contribution in [2.24, 2.45) is 15.9 Å². The number of aromatic nitrogens is 1. The fourth-order valence-electron chi connectivity index (χ4n) is 4.98. The van der Waals surface area contributed by atoms with Gasteiger partial charge in [0.1, 0.15) is 29.1 Å². The first-order chi connectivity index (χ1) is 17.2. The van der Waals surface area contributed by atoms with Crippen LogP contribution in [0.2, 0.25) is 0 Å². The van der Waals surface area contributed by atoms with Crippen LogP contribution >= 0.6 is 0 Å². The number of halogens is 1. The summed E-state index contributed by atoms with van der Waals surface area (Å²) >= 11 is 0. The van der Waals surface area contributed by atoms with Gasteiger partial charge >= 0.3 is 0 Å². The number of fused-ring (bicyclic) bond motifs is 2. The molecule has 0 bridgehead atoms. The molecule has 2 aromatic rings. The number of nitriles is 1. The number of ether oxygens (including phenoxy) is 2. The Labute approximate surface area is 204 Å². The van der Waals surface area contributed by atoms with Crippen LogP contribution in [0.1, 0.15) is 48.8 Å². The highest BCUT2D eigenvalue weighted by Crippen LogP contribution is 2.34. The number of methoxy groups -OCH3 is 1. The van der Waals surface area contributed by atoms with Crippen molar-refractivity contribution in [1.29, 1.82) is 5.26 Å². The Kier molecular flexibility index (Phi) is 6.71. The second kappa shape index (κ2) is 10.2. The van der Waals surface area contributed by atoms with Gasteiger partial charge in [0.25, 0.3) is 0 Å². The second-order valence-electron chi connectivity index (χ2n) is 8.97. The molecule has 0 aliphatic carbocycles. The lowest BCUT2D eigenvalue weighted by molar-refractivity contribution is 0.356. The zero-order valence-electron chi connectivity index (χ0n) is 19.8. The summed E-state index contributed by atoms with van der Waals surface area (Å²) in [4.78, 5) is 13.7. The normalized spacial score (nSPS) is 18.6. The van der Waals surface area contributed by atoms with Gasteiger partial charge in [-0.15, -0.1) is 0 Å². The van der Waals surface area contributed by atoms with E-state index < -0.39 is 0 Å². The number of nitrogens with zero attached hydrogens (tertiary/aromatic N) is 4. The van der Waals surface area contributed by atoms with Gasteiger partial charge in [-0.25, -0.2) is 9.38 Å². The Bertz CT molecular complexity index is 1300. The summed E-state index contributed by atoms with van der Waals surface area (Å²) in [5, 5.41) is 9.42. The van der Waals surface area contributed by atoms with Crippen molar-refractivity contribution in [1.82, 2.24) is 4.98 Å². The second-order valence-corrected chi connectivity index (χ2v) is 8.97. The van der Waals surface area contributed by atoms with Crippen LogP contribution in [0.3, 0.4) is 0 Å². The van der Waals surface area contributed by atoms with E-state index in [0.29, 0.717) is 24.5 Å². The van der Waals surface area contributed by atoms with E-state index in [0.717, 1.165) is 78.0 Å². The maximum absolute atomic E-state index is 14.4. The summed E-state index contributed by atoms with van der Waals surface area (Å²) in [6.07, 6.45) is 13.1. The summed E-state index contributed by atoms with van der Waals surface area (Å²) < 4.78 is 25.4. The highest BCUT2D eigenvalue weighted by Gasteiger charge is 2.27. The summed E-state index contributed by atoms with van der Waals surface area (Å²) in [6.45, 7) is 0.633. The molecule has 0 spiro atoms. The van der Waals surface area contributed by atoms with Gasteiger partial charge in [0.15, 0.2) is 0 Å². The molecule has 0 fully saturated rings. The first-order valence-corrected chi connectivity index (χ1v) is 12.1. The Morgan fingerprint density at radius 3 is 2.94 bits per heavy atom. The minimum atomic E-state index is -0.134. The number of hydrogen-bond donors (Lipinski definition) is 0. The number of hydrogen-bond acceptors (Lipinski definition) is 6. The number of aliphatic imine (C=N–C) groups is 2. The molecule has 0 saturated heterocycles. The van der Waals surface area contributed by atoms with Gasteiger partial charge in [-0.2, -0.15) is 5.26 Å². The predicted molar refractivity (Wildman–Crippen MR) is 133 cm³/mol. The number of pyridine rings is 1. The van der Waals surface area contributed by atoms with E-state index in [1.165, 1.54) is 6.07 Å². The fourth-order valence-corrected chi connectivity index (χ4v) is 4.98. The molecule has 7 heteroatoms. The van der Waals surface area contributed by atoms with Gasteiger partial charge in [-0.3, -0.25) is 9.98 Å². The molecule has 1 aromatic heterocycles. The SMILES string of the molecule is COc1cncc(C2=CN=C(CCCCc3c(F)ccc4c3CCO4)CCC3C=C(C#N)N=C23)c1. The first-order valence-electron chi connectivity index (χ1n) is 12.1. The topological polar surface area (TPSA) is 79.9 Å². The summed E-state index contributed by atoms with van der Waals surface area (Å²) in [5.74, 6) is 1.41. The molecule has 4 heterocycles. The van der Waals surface area contributed by atoms with Crippen molar-refractivity contribution in [3.63, 3.8) is 0 Å². The Balaban J connectivity index is 1.32. The van der Waals surface area contributed by atoms with Crippen molar-refractivity contribution in [3.8, 4) is 17.6 Å². The average Bonchev–Trinajstić information content (AvgIpc) is 3.51. The van der Waals surface area contributed by atoms with Crippen LogP contribution in [0, 0.1) is 23.1 Å². The molecule has 178 valence electrons. The van der Waals surface area contributed by atoms with E-state index in [-0.39, 0.29) is 11.7 Å². The molecule has 0 saturated carbocycles. The summed E-state index contributed by atoms with van der Waals surface area (Å²) in [6, 6.07) is 7.34. The molecule has 3 aliphatic heterocycles. The minimum absolute atomic E-state index is 0.0635. The number of benzene rings is 1. The average molecular weight is 471 g/mol. The molecule has 0 N–H and O–H groups in total. The standard InChI is InChI=1S/C28H27FN4O2/c1-34-22-13-19(15-31-16-22)25-17-32-20(7-6-18-12-21(14-30)33-28(18)25)4-2-3-5-23-24-10-11-35-27(24)9-8-26(23)29/h8-9,12-13,15-18H,2-7,10-11H2,1H3. The molecule has 3 aliphatic rings. The third-order valence-electron chi connectivity index (χ3n) is 6.80. The molecule has 6 nitrogen and oxygen atoms in total. The maximum atomic E-state index is 14.4. The Hall–Kier alpha value is -3.79. The molecule has 35 heavy (non-hydrogen) atoms. The predicted octanol–water partition coefficient (Wildman–Crippen LogP) is 5.63. The van der Waals surface area contributed by atoms with Crippen LogP contribution in [0.25, 0.3) is 5.57 Å². The molecule has 0 radical (unpaired) electrons. The number of unbranched alkanes of at least 4 members (excludes halogenated alkanes) is 1. The Morgan fingerprint density at radius 1 is 1.20 bits per heavy atom. The van der Waals surface area contributed by atoms with E-state index in [1.54, 1.807) is 25.6 Å². The molecule has 0 amide bonds. The Morgan fingerprint density at radius 2 is 2.09 bits per heavy atom. The van der Waals surface area contributed by atoms with Crippen LogP contribution in [0.4, 0.5) is 4.39 Å².